The fourth-order valence-electron chi connectivity index (χ4n) is 2.70. The van der Waals surface area contributed by atoms with Crippen molar-refractivity contribution >= 4 is 11.7 Å². The number of amides is 2. The zero-order valence-corrected chi connectivity index (χ0v) is 12.7. The fourth-order valence-corrected chi connectivity index (χ4v) is 2.70. The van der Waals surface area contributed by atoms with Crippen LogP contribution in [0.25, 0.3) is 0 Å². The molecule has 1 aliphatic heterocycles. The van der Waals surface area contributed by atoms with E-state index in [1.807, 2.05) is 0 Å². The lowest BCUT2D eigenvalue weighted by atomic mass is 9.97. The number of halogens is 1. The first-order chi connectivity index (χ1) is 10.1. The molecule has 0 aliphatic carbocycles. The Kier molecular flexibility index (Phi) is 5.56. The molecule has 1 aliphatic rings. The second kappa shape index (κ2) is 7.41. The molecular formula is C16H24FN3O. The van der Waals surface area contributed by atoms with Crippen molar-refractivity contribution in [3.8, 4) is 0 Å². The molecule has 0 unspecified atom stereocenters. The second-order valence-electron chi connectivity index (χ2n) is 5.91. The van der Waals surface area contributed by atoms with Gasteiger partial charge < -0.3 is 15.5 Å². The summed E-state index contributed by atoms with van der Waals surface area (Å²) in [6, 6.07) is 6.37. The Morgan fingerprint density at radius 3 is 2.90 bits per heavy atom. The molecule has 0 aromatic heterocycles. The number of anilines is 1. The number of carbonyl (C=O) groups is 1. The highest BCUT2D eigenvalue weighted by atomic mass is 19.1. The molecule has 5 heteroatoms. The van der Waals surface area contributed by atoms with E-state index in [9.17, 15) is 9.18 Å². The Labute approximate surface area is 125 Å². The Balaban J connectivity index is 1.77. The van der Waals surface area contributed by atoms with Gasteiger partial charge in [0, 0.05) is 19.1 Å². The lowest BCUT2D eigenvalue weighted by Crippen LogP contribution is -2.44. The van der Waals surface area contributed by atoms with Gasteiger partial charge in [-0.3, -0.25) is 0 Å². The molecule has 0 saturated carbocycles. The van der Waals surface area contributed by atoms with Crippen LogP contribution in [0.4, 0.5) is 14.9 Å². The smallest absolute Gasteiger partial charge is 0.319 e. The van der Waals surface area contributed by atoms with E-state index in [1.165, 1.54) is 12.5 Å². The number of urea groups is 1. The average molecular weight is 293 g/mol. The molecule has 2 amide bonds. The van der Waals surface area contributed by atoms with Gasteiger partial charge in [-0.15, -0.1) is 0 Å². The van der Waals surface area contributed by atoms with Crippen molar-refractivity contribution in [3.63, 3.8) is 0 Å². The molecule has 0 radical (unpaired) electrons. The van der Waals surface area contributed by atoms with Crippen LogP contribution in [0.1, 0.15) is 26.7 Å². The summed E-state index contributed by atoms with van der Waals surface area (Å²) < 4.78 is 13.4. The molecule has 2 rings (SSSR count). The standard InChI is InChI=1S/C16H24FN3O/c1-12(2)20-9-5-6-13(11-20)10-18-16(21)19-15-8-4-3-7-14(15)17/h3-4,7-8,12-13H,5-6,9-11H2,1-2H3,(H2,18,19,21)/t13-/m0/s1. The molecule has 116 valence electrons. The number of nitrogens with one attached hydrogen (secondary N) is 2. The molecule has 0 bridgehead atoms. The van der Waals surface area contributed by atoms with Gasteiger partial charge in [-0.05, 0) is 51.3 Å². The van der Waals surface area contributed by atoms with Gasteiger partial charge in [-0.1, -0.05) is 12.1 Å². The van der Waals surface area contributed by atoms with Gasteiger partial charge in [-0.2, -0.15) is 0 Å². The average Bonchev–Trinajstić information content (AvgIpc) is 2.48. The largest absolute Gasteiger partial charge is 0.338 e. The maximum Gasteiger partial charge on any atom is 0.319 e. The van der Waals surface area contributed by atoms with Crippen LogP contribution in [0.2, 0.25) is 0 Å². The molecular weight excluding hydrogens is 269 g/mol. The first kappa shape index (κ1) is 15.8. The van der Waals surface area contributed by atoms with Crippen LogP contribution < -0.4 is 10.6 Å². The van der Waals surface area contributed by atoms with Crippen molar-refractivity contribution in [3.05, 3.63) is 30.1 Å². The topological polar surface area (TPSA) is 44.4 Å². The fraction of sp³-hybridized carbons (Fsp3) is 0.562. The van der Waals surface area contributed by atoms with E-state index in [1.54, 1.807) is 18.2 Å². The van der Waals surface area contributed by atoms with Crippen LogP contribution in [-0.4, -0.2) is 36.6 Å². The highest BCUT2D eigenvalue weighted by Crippen LogP contribution is 2.18. The Hall–Kier alpha value is -1.62. The molecule has 1 aromatic rings. The zero-order chi connectivity index (χ0) is 15.2. The van der Waals surface area contributed by atoms with E-state index in [0.717, 1.165) is 19.5 Å². The number of carbonyl (C=O) groups excluding carboxylic acids is 1. The number of piperidine rings is 1. The van der Waals surface area contributed by atoms with Gasteiger partial charge in [0.15, 0.2) is 0 Å². The minimum absolute atomic E-state index is 0.211. The summed E-state index contributed by atoms with van der Waals surface area (Å²) in [5.74, 6) is 0.0452. The Bertz CT molecular complexity index is 478. The molecule has 1 aromatic carbocycles. The summed E-state index contributed by atoms with van der Waals surface area (Å²) in [5, 5.41) is 5.39. The third-order valence-electron chi connectivity index (χ3n) is 3.95. The van der Waals surface area contributed by atoms with E-state index in [0.29, 0.717) is 18.5 Å². The van der Waals surface area contributed by atoms with Gasteiger partial charge in [0.05, 0.1) is 5.69 Å². The molecule has 2 N–H and O–H groups in total. The predicted molar refractivity (Wildman–Crippen MR) is 82.9 cm³/mol. The number of para-hydroxylation sites is 1. The normalized spacial score (nSPS) is 19.5. The summed E-state index contributed by atoms with van der Waals surface area (Å²) in [4.78, 5) is 14.3. The quantitative estimate of drug-likeness (QED) is 0.896. The maximum absolute atomic E-state index is 13.4. The summed E-state index contributed by atoms with van der Waals surface area (Å²) in [6.45, 7) is 7.16. The number of likely N-dealkylation sites (tertiary alicyclic amines) is 1. The number of hydrogen-bond acceptors (Lipinski definition) is 2. The van der Waals surface area contributed by atoms with Gasteiger partial charge >= 0.3 is 6.03 Å². The van der Waals surface area contributed by atoms with Crippen molar-refractivity contribution in [2.45, 2.75) is 32.7 Å². The van der Waals surface area contributed by atoms with Crippen LogP contribution in [-0.2, 0) is 0 Å². The minimum Gasteiger partial charge on any atom is -0.338 e. The molecule has 1 saturated heterocycles. The molecule has 4 nitrogen and oxygen atoms in total. The first-order valence-electron chi connectivity index (χ1n) is 7.59. The number of rotatable bonds is 4. The highest BCUT2D eigenvalue weighted by Gasteiger charge is 2.21. The van der Waals surface area contributed by atoms with Crippen molar-refractivity contribution in [1.29, 1.82) is 0 Å². The summed E-state index contributed by atoms with van der Waals surface area (Å²) >= 11 is 0. The molecule has 1 atom stereocenters. The van der Waals surface area contributed by atoms with E-state index in [2.05, 4.69) is 29.4 Å². The Morgan fingerprint density at radius 2 is 2.19 bits per heavy atom. The summed E-state index contributed by atoms with van der Waals surface area (Å²) in [6.07, 6.45) is 2.29. The van der Waals surface area contributed by atoms with Crippen LogP contribution in [0.3, 0.4) is 0 Å². The number of nitrogens with zero attached hydrogens (tertiary/aromatic N) is 1. The van der Waals surface area contributed by atoms with Crippen molar-refractivity contribution in [2.24, 2.45) is 5.92 Å². The summed E-state index contributed by atoms with van der Waals surface area (Å²) in [5.41, 5.74) is 0.211. The van der Waals surface area contributed by atoms with Crippen LogP contribution in [0.5, 0.6) is 0 Å². The second-order valence-corrected chi connectivity index (χ2v) is 5.91. The van der Waals surface area contributed by atoms with E-state index in [-0.39, 0.29) is 11.7 Å². The molecule has 21 heavy (non-hydrogen) atoms. The number of hydrogen-bond donors (Lipinski definition) is 2. The molecule has 1 heterocycles. The number of benzene rings is 1. The van der Waals surface area contributed by atoms with E-state index < -0.39 is 5.82 Å². The van der Waals surface area contributed by atoms with E-state index >= 15 is 0 Å². The first-order valence-corrected chi connectivity index (χ1v) is 7.59. The van der Waals surface area contributed by atoms with Crippen molar-refractivity contribution in [2.75, 3.05) is 25.0 Å². The third kappa shape index (κ3) is 4.70. The van der Waals surface area contributed by atoms with Gasteiger partial charge in [0.25, 0.3) is 0 Å². The lowest BCUT2D eigenvalue weighted by molar-refractivity contribution is 0.139. The van der Waals surface area contributed by atoms with E-state index in [4.69, 9.17) is 0 Å². The van der Waals surface area contributed by atoms with Gasteiger partial charge in [-0.25, -0.2) is 9.18 Å². The van der Waals surface area contributed by atoms with Crippen LogP contribution in [0, 0.1) is 11.7 Å². The van der Waals surface area contributed by atoms with Gasteiger partial charge in [0.1, 0.15) is 5.82 Å². The lowest BCUT2D eigenvalue weighted by Gasteiger charge is -2.35. The van der Waals surface area contributed by atoms with Crippen LogP contribution in [0.15, 0.2) is 24.3 Å². The maximum atomic E-state index is 13.4. The third-order valence-corrected chi connectivity index (χ3v) is 3.95. The van der Waals surface area contributed by atoms with Gasteiger partial charge in [0.2, 0.25) is 0 Å². The Morgan fingerprint density at radius 1 is 1.43 bits per heavy atom. The highest BCUT2D eigenvalue weighted by molar-refractivity contribution is 5.89. The molecule has 1 fully saturated rings. The summed E-state index contributed by atoms with van der Waals surface area (Å²) in [7, 11) is 0. The predicted octanol–water partition coefficient (Wildman–Crippen LogP) is 3.07. The van der Waals surface area contributed by atoms with Crippen molar-refractivity contribution < 1.29 is 9.18 Å². The van der Waals surface area contributed by atoms with Crippen LogP contribution >= 0.6 is 0 Å². The molecule has 0 spiro atoms. The minimum atomic E-state index is -0.420. The monoisotopic (exact) mass is 293 g/mol. The zero-order valence-electron chi connectivity index (χ0n) is 12.7. The van der Waals surface area contributed by atoms with Crippen molar-refractivity contribution in [1.82, 2.24) is 10.2 Å². The SMILES string of the molecule is CC(C)N1CCC[C@@H](CNC(=O)Nc2ccccc2F)C1.